The van der Waals surface area contributed by atoms with Crippen molar-refractivity contribution < 1.29 is 9.18 Å². The molecule has 1 aliphatic carbocycles. The van der Waals surface area contributed by atoms with Gasteiger partial charge in [-0.3, -0.25) is 4.79 Å². The maximum absolute atomic E-state index is 13.9. The molecule has 2 fully saturated rings. The molecule has 86 valence electrons. The minimum Gasteiger partial charge on any atom is -0.307 e. The Bertz CT molecular complexity index is 248. The van der Waals surface area contributed by atoms with Crippen molar-refractivity contribution in [1.29, 1.82) is 0 Å². The van der Waals surface area contributed by atoms with E-state index in [-0.39, 0.29) is 17.9 Å². The number of ketones is 1. The van der Waals surface area contributed by atoms with Crippen LogP contribution in [0.1, 0.15) is 39.0 Å². The number of alkyl halides is 1. The van der Waals surface area contributed by atoms with E-state index in [4.69, 9.17) is 0 Å². The first kappa shape index (κ1) is 12.4. The van der Waals surface area contributed by atoms with Crippen LogP contribution in [-0.2, 0) is 4.79 Å². The maximum atomic E-state index is 13.9. The van der Waals surface area contributed by atoms with Gasteiger partial charge >= 0.3 is 0 Å². The van der Waals surface area contributed by atoms with Crippen molar-refractivity contribution in [1.82, 2.24) is 5.32 Å². The zero-order chi connectivity index (χ0) is 11.5. The molecule has 1 heterocycles. The number of halogens is 1. The van der Waals surface area contributed by atoms with E-state index in [1.54, 1.807) is 0 Å². The predicted octanol–water partition coefficient (Wildman–Crippen LogP) is 2.39. The second kappa shape index (κ2) is 4.44. The SMILES string of the molecule is C=C.CC(=O)[C@@]1(F)CNC2(CCCC2)C1. The van der Waals surface area contributed by atoms with Crippen molar-refractivity contribution in [3.05, 3.63) is 13.2 Å². The van der Waals surface area contributed by atoms with Gasteiger partial charge in [0.1, 0.15) is 0 Å². The maximum Gasteiger partial charge on any atom is 0.182 e. The normalized spacial score (nSPS) is 32.4. The van der Waals surface area contributed by atoms with Gasteiger partial charge in [-0.1, -0.05) is 12.8 Å². The molecule has 1 spiro atoms. The van der Waals surface area contributed by atoms with Crippen LogP contribution in [0, 0.1) is 0 Å². The Kier molecular flexibility index (Phi) is 3.66. The summed E-state index contributed by atoms with van der Waals surface area (Å²) in [5, 5.41) is 3.21. The van der Waals surface area contributed by atoms with Gasteiger partial charge in [-0.15, -0.1) is 13.2 Å². The molecular weight excluding hydrogens is 193 g/mol. The van der Waals surface area contributed by atoms with Crippen LogP contribution in [0.2, 0.25) is 0 Å². The van der Waals surface area contributed by atoms with Gasteiger partial charge in [-0.25, -0.2) is 4.39 Å². The van der Waals surface area contributed by atoms with Gasteiger partial charge in [0.05, 0.1) is 0 Å². The first-order chi connectivity index (χ1) is 7.06. The Morgan fingerprint density at radius 2 is 1.87 bits per heavy atom. The topological polar surface area (TPSA) is 29.1 Å². The molecule has 2 aliphatic rings. The Morgan fingerprint density at radius 1 is 1.33 bits per heavy atom. The highest BCUT2D eigenvalue weighted by Gasteiger charge is 2.51. The Labute approximate surface area is 90.9 Å². The number of Topliss-reactive ketones (excluding diaryl/α,β-unsaturated/α-hetero) is 1. The van der Waals surface area contributed by atoms with Gasteiger partial charge in [-0.2, -0.15) is 0 Å². The standard InChI is InChI=1S/C10H16FNO.C2H4/c1-8(13)10(11)6-9(12-7-10)4-2-3-5-9;1-2/h12H,2-7H2,1H3;1-2H2/t10-;/m0./s1. The zero-order valence-corrected chi connectivity index (χ0v) is 9.44. The smallest absolute Gasteiger partial charge is 0.182 e. The fraction of sp³-hybridized carbons (Fsp3) is 0.750. The summed E-state index contributed by atoms with van der Waals surface area (Å²) in [5.74, 6) is -0.316. The Hall–Kier alpha value is -0.700. The summed E-state index contributed by atoms with van der Waals surface area (Å²) in [4.78, 5) is 11.1. The molecule has 0 amide bonds. The van der Waals surface area contributed by atoms with Gasteiger partial charge in [0.2, 0.25) is 0 Å². The summed E-state index contributed by atoms with van der Waals surface area (Å²) < 4.78 is 13.9. The van der Waals surface area contributed by atoms with E-state index in [0.717, 1.165) is 12.8 Å². The first-order valence-electron chi connectivity index (χ1n) is 5.51. The van der Waals surface area contributed by atoms with Gasteiger partial charge in [0.15, 0.2) is 11.5 Å². The molecule has 0 radical (unpaired) electrons. The second-order valence-electron chi connectivity index (χ2n) is 4.54. The van der Waals surface area contributed by atoms with E-state index in [0.29, 0.717) is 6.42 Å². The number of nitrogens with one attached hydrogen (secondary N) is 1. The molecule has 1 N–H and O–H groups in total. The third kappa shape index (κ3) is 2.28. The van der Waals surface area contributed by atoms with E-state index in [2.05, 4.69) is 18.5 Å². The van der Waals surface area contributed by atoms with E-state index >= 15 is 0 Å². The fourth-order valence-electron chi connectivity index (χ4n) is 2.64. The number of carbonyl (C=O) groups is 1. The van der Waals surface area contributed by atoms with Crippen molar-refractivity contribution in [2.24, 2.45) is 0 Å². The third-order valence-electron chi connectivity index (χ3n) is 3.55. The largest absolute Gasteiger partial charge is 0.307 e. The van der Waals surface area contributed by atoms with Crippen LogP contribution in [0.25, 0.3) is 0 Å². The van der Waals surface area contributed by atoms with Crippen LogP contribution >= 0.6 is 0 Å². The lowest BCUT2D eigenvalue weighted by Crippen LogP contribution is -2.35. The summed E-state index contributed by atoms with van der Waals surface area (Å²) in [6, 6.07) is 0. The quantitative estimate of drug-likeness (QED) is 0.678. The molecular formula is C12H20FNO. The average molecular weight is 213 g/mol. The number of hydrogen-bond acceptors (Lipinski definition) is 2. The van der Waals surface area contributed by atoms with Crippen LogP contribution in [0.15, 0.2) is 13.2 Å². The Balaban J connectivity index is 0.000000531. The Morgan fingerprint density at radius 3 is 2.27 bits per heavy atom. The van der Waals surface area contributed by atoms with E-state index < -0.39 is 5.67 Å². The molecule has 0 unspecified atom stereocenters. The fourth-order valence-corrected chi connectivity index (χ4v) is 2.64. The second-order valence-corrected chi connectivity index (χ2v) is 4.54. The number of hydrogen-bond donors (Lipinski definition) is 1. The van der Waals surface area contributed by atoms with Crippen LogP contribution in [0.3, 0.4) is 0 Å². The van der Waals surface area contributed by atoms with E-state index in [1.165, 1.54) is 19.8 Å². The highest BCUT2D eigenvalue weighted by Crippen LogP contribution is 2.42. The van der Waals surface area contributed by atoms with Crippen molar-refractivity contribution in [3.8, 4) is 0 Å². The average Bonchev–Trinajstić information content (AvgIpc) is 2.80. The van der Waals surface area contributed by atoms with Gasteiger partial charge in [-0.05, 0) is 19.8 Å². The van der Waals surface area contributed by atoms with Crippen molar-refractivity contribution in [2.75, 3.05) is 6.54 Å². The minimum absolute atomic E-state index is 0.0412. The molecule has 2 nitrogen and oxygen atoms in total. The summed E-state index contributed by atoms with van der Waals surface area (Å²) in [7, 11) is 0. The summed E-state index contributed by atoms with van der Waals surface area (Å²) >= 11 is 0. The molecule has 1 aliphatic heterocycles. The predicted molar refractivity (Wildman–Crippen MR) is 59.6 cm³/mol. The van der Waals surface area contributed by atoms with Crippen molar-refractivity contribution in [3.63, 3.8) is 0 Å². The highest BCUT2D eigenvalue weighted by atomic mass is 19.1. The van der Waals surface area contributed by atoms with Gasteiger partial charge in [0.25, 0.3) is 0 Å². The molecule has 1 saturated heterocycles. The van der Waals surface area contributed by atoms with Crippen molar-refractivity contribution >= 4 is 5.78 Å². The van der Waals surface area contributed by atoms with Crippen LogP contribution in [0.4, 0.5) is 4.39 Å². The van der Waals surface area contributed by atoms with Gasteiger partial charge < -0.3 is 5.32 Å². The molecule has 1 atom stereocenters. The zero-order valence-electron chi connectivity index (χ0n) is 9.44. The molecule has 0 aromatic heterocycles. The molecule has 1 saturated carbocycles. The summed E-state index contributed by atoms with van der Waals surface area (Å²) in [6.07, 6.45) is 4.80. The number of carbonyl (C=O) groups excluding carboxylic acids is 1. The lowest BCUT2D eigenvalue weighted by Gasteiger charge is -2.23. The summed E-state index contributed by atoms with van der Waals surface area (Å²) in [5.41, 5.74) is -1.62. The molecule has 0 aromatic rings. The lowest BCUT2D eigenvalue weighted by atomic mass is 9.88. The minimum atomic E-state index is -1.58. The van der Waals surface area contributed by atoms with E-state index in [9.17, 15) is 9.18 Å². The summed E-state index contributed by atoms with van der Waals surface area (Å²) in [6.45, 7) is 7.58. The molecule has 3 heteroatoms. The molecule has 2 rings (SSSR count). The van der Waals surface area contributed by atoms with Crippen LogP contribution < -0.4 is 5.32 Å². The molecule has 0 aromatic carbocycles. The third-order valence-corrected chi connectivity index (χ3v) is 3.55. The molecule has 0 bridgehead atoms. The number of rotatable bonds is 1. The van der Waals surface area contributed by atoms with Crippen molar-refractivity contribution in [2.45, 2.75) is 50.2 Å². The highest BCUT2D eigenvalue weighted by molar-refractivity contribution is 5.85. The van der Waals surface area contributed by atoms with Crippen LogP contribution in [0.5, 0.6) is 0 Å². The molecule has 15 heavy (non-hydrogen) atoms. The van der Waals surface area contributed by atoms with Gasteiger partial charge in [0, 0.05) is 18.5 Å². The first-order valence-corrected chi connectivity index (χ1v) is 5.51. The lowest BCUT2D eigenvalue weighted by molar-refractivity contribution is -0.127. The van der Waals surface area contributed by atoms with E-state index in [1.807, 2.05) is 0 Å². The van der Waals surface area contributed by atoms with Crippen LogP contribution in [-0.4, -0.2) is 23.5 Å². The monoisotopic (exact) mass is 213 g/mol.